The van der Waals surface area contributed by atoms with E-state index in [2.05, 4.69) is 73.1 Å². The first-order chi connectivity index (χ1) is 15.2. The molecule has 172 valence electrons. The summed E-state index contributed by atoms with van der Waals surface area (Å²) in [6.07, 6.45) is 4.09. The van der Waals surface area contributed by atoms with E-state index in [-0.39, 0.29) is 28.8 Å². The summed E-state index contributed by atoms with van der Waals surface area (Å²) in [4.78, 5) is 12.2. The van der Waals surface area contributed by atoms with Crippen molar-refractivity contribution in [3.63, 3.8) is 0 Å². The van der Waals surface area contributed by atoms with Crippen LogP contribution < -0.4 is 4.74 Å². The molecule has 0 bridgehead atoms. The minimum Gasteiger partial charge on any atom is -0.489 e. The Kier molecular flexibility index (Phi) is 6.43. The number of carbonyl (C=O) groups excluding carboxylic acids is 1. The second kappa shape index (κ2) is 8.83. The maximum Gasteiger partial charge on any atom is 0.309 e. The Morgan fingerprint density at radius 1 is 1.19 bits per heavy atom. The standard InChI is InChI=1S/C27H33BrO4/c1-26(2,3)24(30-4)20-13-17(8-11-23(20)28)16-32-19-10-9-18-7-6-12-27(21(18)14-19)15-22(27)25(29)31-5/h8-11,13-14,22,24H,6-7,12,15-16H2,1-5H3/t22-,24-,27-/m1/s1. The van der Waals surface area contributed by atoms with Crippen LogP contribution in [-0.4, -0.2) is 20.2 Å². The molecule has 2 aliphatic carbocycles. The van der Waals surface area contributed by atoms with Crippen LogP contribution in [0, 0.1) is 11.3 Å². The van der Waals surface area contributed by atoms with Crippen LogP contribution in [0.3, 0.4) is 0 Å². The first kappa shape index (κ1) is 23.3. The zero-order chi connectivity index (χ0) is 23.1. The number of hydrogen-bond donors (Lipinski definition) is 0. The second-order valence-corrected chi connectivity index (χ2v) is 11.1. The third-order valence-corrected chi connectivity index (χ3v) is 7.74. The highest BCUT2D eigenvalue weighted by molar-refractivity contribution is 9.10. The van der Waals surface area contributed by atoms with Gasteiger partial charge in [0.1, 0.15) is 12.4 Å². The molecular weight excluding hydrogens is 468 g/mol. The van der Waals surface area contributed by atoms with Crippen LogP contribution in [0.25, 0.3) is 0 Å². The van der Waals surface area contributed by atoms with Crippen molar-refractivity contribution in [2.75, 3.05) is 14.2 Å². The minimum absolute atomic E-state index is 0.0146. The summed E-state index contributed by atoms with van der Waals surface area (Å²) in [6.45, 7) is 7.02. The fraction of sp³-hybridized carbons (Fsp3) is 0.519. The first-order valence-corrected chi connectivity index (χ1v) is 12.1. The van der Waals surface area contributed by atoms with Gasteiger partial charge in [-0.3, -0.25) is 4.79 Å². The Morgan fingerprint density at radius 2 is 1.97 bits per heavy atom. The SMILES string of the molecule is COC(=O)[C@H]1C[C@@]12CCCc1ccc(OCc3ccc(Br)c([C@@H](OC)C(C)(C)C)c3)cc12. The molecule has 0 aliphatic heterocycles. The molecule has 2 aromatic carbocycles. The zero-order valence-electron chi connectivity index (χ0n) is 19.7. The van der Waals surface area contributed by atoms with Gasteiger partial charge in [-0.05, 0) is 77.6 Å². The van der Waals surface area contributed by atoms with E-state index in [1.165, 1.54) is 18.2 Å². The van der Waals surface area contributed by atoms with Gasteiger partial charge >= 0.3 is 5.97 Å². The number of aryl methyl sites for hydroxylation is 1. The fourth-order valence-electron chi connectivity index (χ4n) is 5.38. The van der Waals surface area contributed by atoms with Crippen molar-refractivity contribution in [3.05, 3.63) is 63.1 Å². The number of esters is 1. The predicted octanol–water partition coefficient (Wildman–Crippen LogP) is 6.53. The highest BCUT2D eigenvalue weighted by Gasteiger charge is 2.61. The second-order valence-electron chi connectivity index (χ2n) is 10.2. The number of hydrogen-bond acceptors (Lipinski definition) is 4. The van der Waals surface area contributed by atoms with Crippen molar-refractivity contribution >= 4 is 21.9 Å². The van der Waals surface area contributed by atoms with E-state index in [9.17, 15) is 4.79 Å². The number of methoxy groups -OCH3 is 2. The van der Waals surface area contributed by atoms with Gasteiger partial charge in [-0.2, -0.15) is 0 Å². The molecular formula is C27H33BrO4. The topological polar surface area (TPSA) is 44.8 Å². The molecule has 0 saturated heterocycles. The summed E-state index contributed by atoms with van der Waals surface area (Å²) in [5.41, 5.74) is 4.77. The van der Waals surface area contributed by atoms with E-state index in [0.29, 0.717) is 6.61 Å². The number of ether oxygens (including phenoxy) is 3. The largest absolute Gasteiger partial charge is 0.489 e. The summed E-state index contributed by atoms with van der Waals surface area (Å²) in [5.74, 6) is 0.751. The molecule has 0 N–H and O–H groups in total. The van der Waals surface area contributed by atoms with Crippen LogP contribution in [0.4, 0.5) is 0 Å². The van der Waals surface area contributed by atoms with Crippen LogP contribution in [-0.2, 0) is 32.7 Å². The van der Waals surface area contributed by atoms with Gasteiger partial charge in [0.05, 0.1) is 19.1 Å². The highest BCUT2D eigenvalue weighted by atomic mass is 79.9. The van der Waals surface area contributed by atoms with Crippen LogP contribution in [0.15, 0.2) is 40.9 Å². The number of rotatable bonds is 6. The molecule has 2 aliphatic rings. The Bertz CT molecular complexity index is 1010. The number of fused-ring (bicyclic) bond motifs is 2. The number of benzene rings is 2. The van der Waals surface area contributed by atoms with Gasteiger partial charge in [-0.25, -0.2) is 0 Å². The quantitative estimate of drug-likeness (QED) is 0.423. The van der Waals surface area contributed by atoms with Gasteiger partial charge in [0, 0.05) is 17.0 Å². The van der Waals surface area contributed by atoms with Crippen LogP contribution in [0.1, 0.15) is 68.4 Å². The molecule has 5 heteroatoms. The molecule has 32 heavy (non-hydrogen) atoms. The fourth-order valence-corrected chi connectivity index (χ4v) is 5.84. The van der Waals surface area contributed by atoms with Crippen LogP contribution in [0.5, 0.6) is 5.75 Å². The lowest BCUT2D eigenvalue weighted by molar-refractivity contribution is -0.142. The van der Waals surface area contributed by atoms with Gasteiger partial charge in [-0.15, -0.1) is 0 Å². The zero-order valence-corrected chi connectivity index (χ0v) is 21.3. The molecule has 1 saturated carbocycles. The van der Waals surface area contributed by atoms with E-state index < -0.39 is 0 Å². The van der Waals surface area contributed by atoms with Gasteiger partial charge < -0.3 is 14.2 Å². The summed E-state index contributed by atoms with van der Waals surface area (Å²) in [6, 6.07) is 12.7. The summed E-state index contributed by atoms with van der Waals surface area (Å²) >= 11 is 3.69. The van der Waals surface area contributed by atoms with Gasteiger partial charge in [0.25, 0.3) is 0 Å². The van der Waals surface area contributed by atoms with Crippen LogP contribution >= 0.6 is 15.9 Å². The Morgan fingerprint density at radius 3 is 2.66 bits per heavy atom. The third kappa shape index (κ3) is 4.34. The molecule has 0 unspecified atom stereocenters. The summed E-state index contributed by atoms with van der Waals surface area (Å²) in [7, 11) is 3.24. The van der Waals surface area contributed by atoms with Gasteiger partial charge in [-0.1, -0.05) is 48.8 Å². The normalized spacial score (nSPS) is 22.9. The Labute approximate surface area is 199 Å². The van der Waals surface area contributed by atoms with E-state index in [1.54, 1.807) is 7.11 Å². The van der Waals surface area contributed by atoms with Crippen LogP contribution in [0.2, 0.25) is 0 Å². The van der Waals surface area contributed by atoms with E-state index in [1.807, 2.05) is 0 Å². The lowest BCUT2D eigenvalue weighted by Gasteiger charge is -2.30. The third-order valence-electron chi connectivity index (χ3n) is 7.02. The number of halogens is 1. The van der Waals surface area contributed by atoms with Gasteiger partial charge in [0.15, 0.2) is 0 Å². The minimum atomic E-state index is -0.0851. The molecule has 0 heterocycles. The highest BCUT2D eigenvalue weighted by Crippen LogP contribution is 2.61. The van der Waals surface area contributed by atoms with Crippen molar-refractivity contribution in [2.24, 2.45) is 11.3 Å². The lowest BCUT2D eigenvalue weighted by Crippen LogP contribution is -2.22. The first-order valence-electron chi connectivity index (χ1n) is 11.3. The molecule has 3 atom stereocenters. The van der Waals surface area contributed by atoms with Crippen molar-refractivity contribution in [2.45, 2.75) is 64.6 Å². The molecule has 0 radical (unpaired) electrons. The molecule has 4 nitrogen and oxygen atoms in total. The van der Waals surface area contributed by atoms with E-state index in [0.717, 1.165) is 47.0 Å². The monoisotopic (exact) mass is 500 g/mol. The molecule has 2 aromatic rings. The summed E-state index contributed by atoms with van der Waals surface area (Å²) in [5, 5.41) is 0. The maximum atomic E-state index is 12.2. The Balaban J connectivity index is 1.54. The number of carbonyl (C=O) groups is 1. The average Bonchev–Trinajstić information content (AvgIpc) is 3.48. The van der Waals surface area contributed by atoms with E-state index in [4.69, 9.17) is 14.2 Å². The molecule has 1 fully saturated rings. The molecule has 0 amide bonds. The molecule has 0 aromatic heterocycles. The lowest BCUT2D eigenvalue weighted by atomic mass is 9.78. The smallest absolute Gasteiger partial charge is 0.309 e. The maximum absolute atomic E-state index is 12.2. The van der Waals surface area contributed by atoms with E-state index >= 15 is 0 Å². The van der Waals surface area contributed by atoms with Crippen molar-refractivity contribution in [1.29, 1.82) is 0 Å². The average molecular weight is 501 g/mol. The molecule has 4 rings (SSSR count). The molecule has 1 spiro atoms. The summed E-state index contributed by atoms with van der Waals surface area (Å²) < 4.78 is 18.1. The van der Waals surface area contributed by atoms with Gasteiger partial charge in [0.2, 0.25) is 0 Å². The van der Waals surface area contributed by atoms with Crippen molar-refractivity contribution < 1.29 is 19.0 Å². The predicted molar refractivity (Wildman–Crippen MR) is 129 cm³/mol. The Hall–Kier alpha value is -1.85. The van der Waals surface area contributed by atoms with Crippen molar-refractivity contribution in [1.82, 2.24) is 0 Å². The van der Waals surface area contributed by atoms with Crippen molar-refractivity contribution in [3.8, 4) is 5.75 Å².